The Labute approximate surface area is 125 Å². The Kier molecular flexibility index (Phi) is 3.72. The number of rotatable bonds is 3. The van der Waals surface area contributed by atoms with Gasteiger partial charge < -0.3 is 16.2 Å². The van der Waals surface area contributed by atoms with E-state index < -0.39 is 5.60 Å². The molecule has 4 nitrogen and oxygen atoms in total. The van der Waals surface area contributed by atoms with Gasteiger partial charge in [0.1, 0.15) is 0 Å². The van der Waals surface area contributed by atoms with Crippen LogP contribution < -0.4 is 11.1 Å². The molecule has 21 heavy (non-hydrogen) atoms. The zero-order valence-electron chi connectivity index (χ0n) is 12.5. The lowest BCUT2D eigenvalue weighted by molar-refractivity contribution is -0.000737. The minimum atomic E-state index is -0.604. The summed E-state index contributed by atoms with van der Waals surface area (Å²) in [5.41, 5.74) is 7.14. The van der Waals surface area contributed by atoms with Crippen LogP contribution in [0.3, 0.4) is 0 Å². The van der Waals surface area contributed by atoms with Crippen LogP contribution in [0.5, 0.6) is 0 Å². The molecule has 1 aliphatic rings. The number of anilines is 2. The molecule has 1 aromatic carbocycles. The summed E-state index contributed by atoms with van der Waals surface area (Å²) >= 11 is 0. The highest BCUT2D eigenvalue weighted by Crippen LogP contribution is 2.33. The predicted octanol–water partition coefficient (Wildman–Crippen LogP) is 3.17. The molecule has 1 saturated carbocycles. The number of benzene rings is 1. The van der Waals surface area contributed by atoms with Crippen molar-refractivity contribution in [1.82, 2.24) is 4.98 Å². The number of hydrogen-bond donors (Lipinski definition) is 3. The van der Waals surface area contributed by atoms with Gasteiger partial charge in [0.15, 0.2) is 0 Å². The summed E-state index contributed by atoms with van der Waals surface area (Å²) in [6, 6.07) is 5.79. The highest BCUT2D eigenvalue weighted by Gasteiger charge is 2.32. The van der Waals surface area contributed by atoms with Gasteiger partial charge in [0, 0.05) is 41.1 Å². The molecular formula is C17H23N3O. The first-order chi connectivity index (χ1) is 10.1. The molecule has 4 heteroatoms. The molecule has 1 aromatic heterocycles. The summed E-state index contributed by atoms with van der Waals surface area (Å²) < 4.78 is 0. The molecule has 0 aliphatic heterocycles. The van der Waals surface area contributed by atoms with Crippen LogP contribution in [-0.2, 0) is 0 Å². The molecule has 0 amide bonds. The quantitative estimate of drug-likeness (QED) is 0.757. The molecule has 2 unspecified atom stereocenters. The number of nitrogens with two attached hydrogens (primary N) is 1. The third-order valence-electron chi connectivity index (χ3n) is 4.53. The summed E-state index contributed by atoms with van der Waals surface area (Å²) in [7, 11) is 0. The van der Waals surface area contributed by atoms with Crippen molar-refractivity contribution in [2.24, 2.45) is 5.92 Å². The van der Waals surface area contributed by atoms with Gasteiger partial charge in [-0.2, -0.15) is 0 Å². The van der Waals surface area contributed by atoms with Crippen LogP contribution in [0.4, 0.5) is 11.4 Å². The molecular weight excluding hydrogens is 262 g/mol. The van der Waals surface area contributed by atoms with Gasteiger partial charge in [0.25, 0.3) is 0 Å². The SMILES string of the molecule is CC1CCCC(O)(CNc2ccc(N)c3ccncc23)C1. The van der Waals surface area contributed by atoms with Crippen molar-refractivity contribution in [3.05, 3.63) is 30.6 Å². The molecule has 112 valence electrons. The van der Waals surface area contributed by atoms with Crippen molar-refractivity contribution in [2.45, 2.75) is 38.2 Å². The van der Waals surface area contributed by atoms with Gasteiger partial charge in [-0.05, 0) is 37.0 Å². The molecule has 4 N–H and O–H groups in total. The minimum Gasteiger partial charge on any atom is -0.398 e. The lowest BCUT2D eigenvalue weighted by atomic mass is 9.79. The Bertz CT molecular complexity index is 643. The zero-order chi connectivity index (χ0) is 14.9. The number of nitrogens with one attached hydrogen (secondary N) is 1. The number of hydrogen-bond acceptors (Lipinski definition) is 4. The van der Waals surface area contributed by atoms with E-state index in [2.05, 4.69) is 17.2 Å². The standard InChI is InChI=1S/C17H23N3O/c1-12-3-2-7-17(21,9-12)11-20-16-5-4-15(18)13-6-8-19-10-14(13)16/h4-6,8,10,12,20-21H,2-3,7,9,11,18H2,1H3. The third-order valence-corrected chi connectivity index (χ3v) is 4.53. The highest BCUT2D eigenvalue weighted by molar-refractivity contribution is 6.00. The molecule has 3 rings (SSSR count). The Morgan fingerprint density at radius 3 is 3.05 bits per heavy atom. The van der Waals surface area contributed by atoms with Crippen molar-refractivity contribution in [1.29, 1.82) is 0 Å². The van der Waals surface area contributed by atoms with Crippen LogP contribution >= 0.6 is 0 Å². The van der Waals surface area contributed by atoms with E-state index in [0.717, 1.165) is 41.4 Å². The molecule has 1 heterocycles. The number of aromatic nitrogens is 1. The molecule has 0 saturated heterocycles. The lowest BCUT2D eigenvalue weighted by Crippen LogP contribution is -2.41. The normalized spacial score (nSPS) is 25.9. The maximum Gasteiger partial charge on any atom is 0.0821 e. The Balaban J connectivity index is 1.81. The van der Waals surface area contributed by atoms with Crippen molar-refractivity contribution < 1.29 is 5.11 Å². The second-order valence-electron chi connectivity index (χ2n) is 6.40. The number of nitrogens with zero attached hydrogens (tertiary/aromatic N) is 1. The van der Waals surface area contributed by atoms with E-state index >= 15 is 0 Å². The second kappa shape index (κ2) is 5.53. The molecule has 0 radical (unpaired) electrons. The van der Waals surface area contributed by atoms with Gasteiger partial charge in [0.2, 0.25) is 0 Å². The number of pyridine rings is 1. The van der Waals surface area contributed by atoms with Gasteiger partial charge in [-0.15, -0.1) is 0 Å². The molecule has 1 fully saturated rings. The van der Waals surface area contributed by atoms with E-state index in [1.807, 2.05) is 24.4 Å². The lowest BCUT2D eigenvalue weighted by Gasteiger charge is -2.36. The van der Waals surface area contributed by atoms with Crippen LogP contribution in [0.25, 0.3) is 10.8 Å². The topological polar surface area (TPSA) is 71.2 Å². The van der Waals surface area contributed by atoms with E-state index in [1.165, 1.54) is 6.42 Å². The summed E-state index contributed by atoms with van der Waals surface area (Å²) in [6.07, 6.45) is 7.63. The number of fused-ring (bicyclic) bond motifs is 1. The average Bonchev–Trinajstić information content (AvgIpc) is 2.47. The van der Waals surface area contributed by atoms with Crippen molar-refractivity contribution >= 4 is 22.1 Å². The number of aliphatic hydroxyl groups is 1. The maximum atomic E-state index is 10.7. The monoisotopic (exact) mass is 285 g/mol. The Hall–Kier alpha value is -1.81. The van der Waals surface area contributed by atoms with Gasteiger partial charge >= 0.3 is 0 Å². The van der Waals surface area contributed by atoms with Crippen molar-refractivity contribution in [3.8, 4) is 0 Å². The molecule has 0 spiro atoms. The highest BCUT2D eigenvalue weighted by atomic mass is 16.3. The summed E-state index contributed by atoms with van der Waals surface area (Å²) in [5.74, 6) is 0.593. The largest absolute Gasteiger partial charge is 0.398 e. The van der Waals surface area contributed by atoms with Crippen LogP contribution in [0.2, 0.25) is 0 Å². The third kappa shape index (κ3) is 2.95. The van der Waals surface area contributed by atoms with E-state index in [0.29, 0.717) is 12.5 Å². The van der Waals surface area contributed by atoms with Crippen LogP contribution in [-0.4, -0.2) is 22.2 Å². The van der Waals surface area contributed by atoms with Crippen LogP contribution in [0.15, 0.2) is 30.6 Å². The van der Waals surface area contributed by atoms with Crippen LogP contribution in [0, 0.1) is 5.92 Å². The minimum absolute atomic E-state index is 0.575. The summed E-state index contributed by atoms with van der Waals surface area (Å²) in [5, 5.41) is 16.1. The maximum absolute atomic E-state index is 10.7. The Morgan fingerprint density at radius 1 is 1.38 bits per heavy atom. The van der Waals surface area contributed by atoms with Crippen molar-refractivity contribution in [2.75, 3.05) is 17.6 Å². The van der Waals surface area contributed by atoms with E-state index in [9.17, 15) is 5.11 Å². The predicted molar refractivity (Wildman–Crippen MR) is 87.2 cm³/mol. The van der Waals surface area contributed by atoms with E-state index in [4.69, 9.17) is 5.73 Å². The fraction of sp³-hybridized carbons (Fsp3) is 0.471. The average molecular weight is 285 g/mol. The first-order valence-corrected chi connectivity index (χ1v) is 7.66. The molecule has 0 bridgehead atoms. The number of nitrogen functional groups attached to an aromatic ring is 1. The van der Waals surface area contributed by atoms with E-state index in [-0.39, 0.29) is 0 Å². The fourth-order valence-corrected chi connectivity index (χ4v) is 3.42. The van der Waals surface area contributed by atoms with Gasteiger partial charge in [-0.3, -0.25) is 4.98 Å². The molecule has 2 aromatic rings. The summed E-state index contributed by atoms with van der Waals surface area (Å²) in [6.45, 7) is 2.79. The first kappa shape index (κ1) is 14.1. The van der Waals surface area contributed by atoms with Gasteiger partial charge in [0.05, 0.1) is 5.60 Å². The first-order valence-electron chi connectivity index (χ1n) is 7.66. The van der Waals surface area contributed by atoms with Gasteiger partial charge in [-0.1, -0.05) is 19.8 Å². The fourth-order valence-electron chi connectivity index (χ4n) is 3.42. The molecule has 1 aliphatic carbocycles. The Morgan fingerprint density at radius 2 is 2.24 bits per heavy atom. The van der Waals surface area contributed by atoms with Crippen molar-refractivity contribution in [3.63, 3.8) is 0 Å². The van der Waals surface area contributed by atoms with Crippen LogP contribution in [0.1, 0.15) is 32.6 Å². The van der Waals surface area contributed by atoms with Gasteiger partial charge in [-0.25, -0.2) is 0 Å². The second-order valence-corrected chi connectivity index (χ2v) is 6.40. The smallest absolute Gasteiger partial charge is 0.0821 e. The van der Waals surface area contributed by atoms with E-state index in [1.54, 1.807) is 6.20 Å². The zero-order valence-corrected chi connectivity index (χ0v) is 12.5. The summed E-state index contributed by atoms with van der Waals surface area (Å²) in [4.78, 5) is 4.18. The molecule has 2 atom stereocenters.